The van der Waals surface area contributed by atoms with Crippen LogP contribution in [0, 0.1) is 5.82 Å². The normalized spacial score (nSPS) is 13.9. The van der Waals surface area contributed by atoms with E-state index in [0.717, 1.165) is 38.4 Å². The van der Waals surface area contributed by atoms with Gasteiger partial charge in [-0.05, 0) is 60.7 Å². The molecule has 1 aliphatic heterocycles. The predicted molar refractivity (Wildman–Crippen MR) is 133 cm³/mol. The summed E-state index contributed by atoms with van der Waals surface area (Å²) in [7, 11) is 0. The topological polar surface area (TPSA) is 76.7 Å². The number of halogens is 1. The van der Waals surface area contributed by atoms with Gasteiger partial charge in [0.25, 0.3) is 5.91 Å². The molecule has 4 rings (SSSR count). The van der Waals surface area contributed by atoms with E-state index in [2.05, 4.69) is 25.8 Å². The second-order valence-corrected chi connectivity index (χ2v) is 8.08. The molecule has 8 heteroatoms. The Morgan fingerprint density at radius 1 is 0.765 bits per heavy atom. The van der Waals surface area contributed by atoms with Gasteiger partial charge in [-0.3, -0.25) is 9.69 Å². The lowest BCUT2D eigenvalue weighted by Crippen LogP contribution is -2.48. The number of amides is 3. The van der Waals surface area contributed by atoms with Gasteiger partial charge in [0.05, 0.1) is 0 Å². The van der Waals surface area contributed by atoms with Gasteiger partial charge >= 0.3 is 6.03 Å². The maximum Gasteiger partial charge on any atom is 0.323 e. The first-order valence-electron chi connectivity index (χ1n) is 11.3. The van der Waals surface area contributed by atoms with Gasteiger partial charge in [-0.2, -0.15) is 0 Å². The zero-order valence-corrected chi connectivity index (χ0v) is 18.8. The third kappa shape index (κ3) is 6.55. The van der Waals surface area contributed by atoms with Gasteiger partial charge in [0.15, 0.2) is 0 Å². The predicted octanol–water partition coefficient (Wildman–Crippen LogP) is 4.02. The Bertz CT molecular complexity index is 1080. The van der Waals surface area contributed by atoms with Gasteiger partial charge in [0.2, 0.25) is 0 Å². The maximum absolute atomic E-state index is 13.1. The minimum atomic E-state index is -0.345. The highest BCUT2D eigenvalue weighted by molar-refractivity contribution is 6.00. The Balaban J connectivity index is 1.16. The smallest absolute Gasteiger partial charge is 0.323 e. The van der Waals surface area contributed by atoms with E-state index in [4.69, 9.17) is 0 Å². The Morgan fingerprint density at radius 2 is 1.38 bits per heavy atom. The second kappa shape index (κ2) is 11.3. The maximum atomic E-state index is 13.1. The first-order valence-corrected chi connectivity index (χ1v) is 11.3. The fourth-order valence-corrected chi connectivity index (χ4v) is 3.83. The van der Waals surface area contributed by atoms with Crippen LogP contribution in [0.1, 0.15) is 10.4 Å². The number of rotatable bonds is 7. The quantitative estimate of drug-likeness (QED) is 0.497. The highest BCUT2D eigenvalue weighted by Gasteiger charge is 2.17. The van der Waals surface area contributed by atoms with Crippen molar-refractivity contribution in [3.05, 3.63) is 90.2 Å². The molecule has 0 aromatic heterocycles. The van der Waals surface area contributed by atoms with Crippen molar-refractivity contribution in [2.45, 2.75) is 0 Å². The van der Waals surface area contributed by atoms with Gasteiger partial charge in [-0.1, -0.05) is 18.2 Å². The lowest BCUT2D eigenvalue weighted by molar-refractivity contribution is 0.0948. The summed E-state index contributed by atoms with van der Waals surface area (Å²) in [5.74, 6) is -0.372. The largest absolute Gasteiger partial charge is 0.369 e. The summed E-state index contributed by atoms with van der Waals surface area (Å²) < 4.78 is 13.1. The Morgan fingerprint density at radius 3 is 2.03 bits per heavy atom. The molecule has 3 aromatic carbocycles. The Hall–Kier alpha value is -3.91. The molecule has 1 heterocycles. The van der Waals surface area contributed by atoms with E-state index >= 15 is 0 Å². The van der Waals surface area contributed by atoms with Crippen LogP contribution in [0.25, 0.3) is 0 Å². The van der Waals surface area contributed by atoms with Gasteiger partial charge in [-0.15, -0.1) is 0 Å². The van der Waals surface area contributed by atoms with E-state index < -0.39 is 0 Å². The van der Waals surface area contributed by atoms with Crippen LogP contribution in [0.15, 0.2) is 78.9 Å². The summed E-state index contributed by atoms with van der Waals surface area (Å²) in [5.41, 5.74) is 2.87. The summed E-state index contributed by atoms with van der Waals surface area (Å²) in [4.78, 5) is 29.1. The molecule has 0 spiro atoms. The van der Waals surface area contributed by atoms with Crippen LogP contribution in [0.2, 0.25) is 0 Å². The van der Waals surface area contributed by atoms with Crippen LogP contribution in [0.5, 0.6) is 0 Å². The molecule has 0 bridgehead atoms. The number of nitrogens with one attached hydrogen (secondary N) is 3. The lowest BCUT2D eigenvalue weighted by atomic mass is 10.2. The highest BCUT2D eigenvalue weighted by Crippen LogP contribution is 2.17. The van der Waals surface area contributed by atoms with Gasteiger partial charge in [0.1, 0.15) is 5.82 Å². The van der Waals surface area contributed by atoms with Crippen LogP contribution >= 0.6 is 0 Å². The fraction of sp³-hybridized carbons (Fsp3) is 0.231. The van der Waals surface area contributed by atoms with E-state index in [1.165, 1.54) is 12.1 Å². The summed E-state index contributed by atoms with van der Waals surface area (Å²) in [6.07, 6.45) is 0. The van der Waals surface area contributed by atoms with Crippen molar-refractivity contribution in [2.75, 3.05) is 54.8 Å². The first-order chi connectivity index (χ1) is 16.6. The van der Waals surface area contributed by atoms with Gasteiger partial charge < -0.3 is 20.9 Å². The van der Waals surface area contributed by atoms with Gasteiger partial charge in [-0.25, -0.2) is 9.18 Å². The van der Waals surface area contributed by atoms with E-state index in [0.29, 0.717) is 23.5 Å². The number of nitrogens with zero attached hydrogens (tertiary/aromatic N) is 2. The Kier molecular flexibility index (Phi) is 7.72. The molecule has 34 heavy (non-hydrogen) atoms. The number of urea groups is 1. The zero-order chi connectivity index (χ0) is 23.8. The third-order valence-electron chi connectivity index (χ3n) is 5.71. The highest BCUT2D eigenvalue weighted by atomic mass is 19.1. The molecule has 0 aliphatic carbocycles. The zero-order valence-electron chi connectivity index (χ0n) is 18.8. The average Bonchev–Trinajstić information content (AvgIpc) is 2.86. The van der Waals surface area contributed by atoms with Crippen molar-refractivity contribution < 1.29 is 14.0 Å². The molecule has 1 fully saturated rings. The van der Waals surface area contributed by atoms with Gasteiger partial charge in [0, 0.05) is 61.9 Å². The van der Waals surface area contributed by atoms with E-state index in [9.17, 15) is 14.0 Å². The number of hydrogen-bond donors (Lipinski definition) is 3. The molecule has 176 valence electrons. The SMILES string of the molecule is O=C(Nc1ccccc1)Nc1ccc(C(=O)NCCN2CCN(c3ccc(F)cc3)CC2)cc1. The van der Waals surface area contributed by atoms with E-state index in [1.807, 2.05) is 30.3 Å². The second-order valence-electron chi connectivity index (χ2n) is 8.08. The third-order valence-corrected chi connectivity index (χ3v) is 5.71. The number of piperazine rings is 1. The molecule has 3 N–H and O–H groups in total. The number of carbonyl (C=O) groups excluding carboxylic acids is 2. The number of carbonyl (C=O) groups is 2. The van der Waals surface area contributed by atoms with Crippen LogP contribution < -0.4 is 20.9 Å². The molecular weight excluding hydrogens is 433 g/mol. The van der Waals surface area contributed by atoms with Crippen molar-refractivity contribution >= 4 is 29.0 Å². The lowest BCUT2D eigenvalue weighted by Gasteiger charge is -2.36. The number of para-hydroxylation sites is 1. The monoisotopic (exact) mass is 461 g/mol. The van der Waals surface area contributed by atoms with E-state index in [1.54, 1.807) is 36.4 Å². The van der Waals surface area contributed by atoms with E-state index in [-0.39, 0.29) is 17.8 Å². The standard InChI is InChI=1S/C26H28FN5O2/c27-21-8-12-24(13-9-21)32-18-16-31(17-19-32)15-14-28-25(33)20-6-10-23(11-7-20)30-26(34)29-22-4-2-1-3-5-22/h1-13H,14-19H2,(H,28,33)(H2,29,30,34). The first kappa shape index (κ1) is 23.3. The molecule has 7 nitrogen and oxygen atoms in total. The molecule has 1 aliphatic rings. The van der Waals surface area contributed by atoms with Crippen LogP contribution in [0.4, 0.5) is 26.2 Å². The van der Waals surface area contributed by atoms with Crippen molar-refractivity contribution in [1.82, 2.24) is 10.2 Å². The van der Waals surface area contributed by atoms with Crippen LogP contribution in [0.3, 0.4) is 0 Å². The molecule has 0 atom stereocenters. The van der Waals surface area contributed by atoms with Crippen LogP contribution in [-0.4, -0.2) is 56.1 Å². The number of anilines is 3. The molecule has 0 radical (unpaired) electrons. The number of hydrogen-bond acceptors (Lipinski definition) is 4. The van der Waals surface area contributed by atoms with Crippen molar-refractivity contribution in [3.8, 4) is 0 Å². The van der Waals surface area contributed by atoms with Crippen molar-refractivity contribution in [2.24, 2.45) is 0 Å². The Labute approximate surface area is 198 Å². The molecule has 1 saturated heterocycles. The fourth-order valence-electron chi connectivity index (χ4n) is 3.83. The molecular formula is C26H28FN5O2. The molecule has 0 saturated carbocycles. The molecule has 3 aromatic rings. The summed E-state index contributed by atoms with van der Waals surface area (Å²) in [5, 5.41) is 8.45. The number of benzene rings is 3. The summed E-state index contributed by atoms with van der Waals surface area (Å²) in [6, 6.07) is 22.2. The van der Waals surface area contributed by atoms with Crippen LogP contribution in [-0.2, 0) is 0 Å². The molecule has 0 unspecified atom stereocenters. The minimum Gasteiger partial charge on any atom is -0.369 e. The minimum absolute atomic E-state index is 0.148. The molecule has 3 amide bonds. The van der Waals surface area contributed by atoms with Crippen molar-refractivity contribution in [3.63, 3.8) is 0 Å². The average molecular weight is 462 g/mol. The van der Waals surface area contributed by atoms with Crippen molar-refractivity contribution in [1.29, 1.82) is 0 Å². The summed E-state index contributed by atoms with van der Waals surface area (Å²) >= 11 is 0. The summed E-state index contributed by atoms with van der Waals surface area (Å²) in [6.45, 7) is 4.83.